The maximum Gasteiger partial charge on any atom is 0.313 e. The summed E-state index contributed by atoms with van der Waals surface area (Å²) in [7, 11) is 1.28. The Hall–Kier alpha value is -1.18. The normalized spacial score (nSPS) is 42.3. The number of carbonyl (C=O) groups excluding carboxylic acids is 2. The van der Waals surface area contributed by atoms with Crippen LogP contribution in [0.25, 0.3) is 0 Å². The third-order valence-electron chi connectivity index (χ3n) is 4.25. The average Bonchev–Trinajstić information content (AvgIpc) is 2.82. The summed E-state index contributed by atoms with van der Waals surface area (Å²) < 4.78 is 16.4. The van der Waals surface area contributed by atoms with E-state index in [2.05, 4.69) is 0 Å². The summed E-state index contributed by atoms with van der Waals surface area (Å²) in [6.45, 7) is 3.98. The predicted octanol–water partition coefficient (Wildman–Crippen LogP) is -0.729. The van der Waals surface area contributed by atoms with Crippen molar-refractivity contribution in [1.29, 1.82) is 0 Å². The molecule has 0 aromatic rings. The van der Waals surface area contributed by atoms with Gasteiger partial charge in [0, 0.05) is 0 Å². The molecule has 3 saturated heterocycles. The standard InChI is InChI=1S/C13H19NO6/c1-13(2)19-7-5-14-8(16)4-6(15)9(12(17)18-3)10(14)11(7)20-13/h6-7,9-11,15H,4-5H2,1-3H3/t6-,7+,9-,10+,11+/m0/s1. The number of ether oxygens (including phenoxy) is 3. The van der Waals surface area contributed by atoms with Crippen molar-refractivity contribution in [3.05, 3.63) is 0 Å². The van der Waals surface area contributed by atoms with Crippen molar-refractivity contribution in [3.8, 4) is 0 Å². The molecule has 0 aromatic heterocycles. The Kier molecular flexibility index (Phi) is 3.04. The molecule has 112 valence electrons. The van der Waals surface area contributed by atoms with Crippen LogP contribution in [0.5, 0.6) is 0 Å². The second-order valence-corrected chi connectivity index (χ2v) is 6.00. The number of esters is 1. The topological polar surface area (TPSA) is 85.3 Å². The van der Waals surface area contributed by atoms with E-state index in [1.165, 1.54) is 7.11 Å². The number of amides is 1. The third kappa shape index (κ3) is 1.92. The molecule has 3 rings (SSSR count). The predicted molar refractivity (Wildman–Crippen MR) is 65.5 cm³/mol. The van der Waals surface area contributed by atoms with Crippen LogP contribution in [0.3, 0.4) is 0 Å². The van der Waals surface area contributed by atoms with Gasteiger partial charge in [0.05, 0.1) is 32.2 Å². The summed E-state index contributed by atoms with van der Waals surface area (Å²) in [5, 5.41) is 10.1. The summed E-state index contributed by atoms with van der Waals surface area (Å²) in [5.41, 5.74) is 0. The first-order valence-corrected chi connectivity index (χ1v) is 6.75. The molecule has 0 aliphatic carbocycles. The zero-order chi connectivity index (χ0) is 14.7. The molecule has 20 heavy (non-hydrogen) atoms. The third-order valence-corrected chi connectivity index (χ3v) is 4.25. The van der Waals surface area contributed by atoms with E-state index in [4.69, 9.17) is 14.2 Å². The lowest BCUT2D eigenvalue weighted by Crippen LogP contribution is -2.57. The number of hydrogen-bond donors (Lipinski definition) is 1. The first-order valence-electron chi connectivity index (χ1n) is 6.75. The second-order valence-electron chi connectivity index (χ2n) is 6.00. The fraction of sp³-hybridized carbons (Fsp3) is 0.846. The Labute approximate surface area is 116 Å². The lowest BCUT2D eigenvalue weighted by molar-refractivity contribution is -0.185. The van der Waals surface area contributed by atoms with Gasteiger partial charge in [-0.05, 0) is 13.8 Å². The number of aliphatic hydroxyl groups is 1. The molecule has 1 amide bonds. The Morgan fingerprint density at radius 3 is 2.80 bits per heavy atom. The van der Waals surface area contributed by atoms with Gasteiger partial charge < -0.3 is 24.2 Å². The van der Waals surface area contributed by atoms with E-state index in [9.17, 15) is 14.7 Å². The van der Waals surface area contributed by atoms with Gasteiger partial charge in [-0.3, -0.25) is 9.59 Å². The monoisotopic (exact) mass is 285 g/mol. The molecule has 0 spiro atoms. The second kappa shape index (κ2) is 4.41. The Morgan fingerprint density at radius 2 is 2.15 bits per heavy atom. The highest BCUT2D eigenvalue weighted by Crippen LogP contribution is 2.42. The Balaban J connectivity index is 1.93. The highest BCUT2D eigenvalue weighted by atomic mass is 16.8. The minimum atomic E-state index is -1.04. The lowest BCUT2D eigenvalue weighted by Gasteiger charge is -2.40. The fourth-order valence-corrected chi connectivity index (χ4v) is 3.54. The molecule has 3 fully saturated rings. The molecule has 0 bridgehead atoms. The van der Waals surface area contributed by atoms with E-state index in [1.807, 2.05) is 0 Å². The lowest BCUT2D eigenvalue weighted by atomic mass is 9.85. The average molecular weight is 285 g/mol. The molecular weight excluding hydrogens is 266 g/mol. The van der Waals surface area contributed by atoms with Gasteiger partial charge in [0.1, 0.15) is 18.1 Å². The van der Waals surface area contributed by atoms with Crippen molar-refractivity contribution in [2.75, 3.05) is 13.7 Å². The number of hydrogen-bond acceptors (Lipinski definition) is 6. The molecule has 5 atom stereocenters. The van der Waals surface area contributed by atoms with Crippen LogP contribution in [0, 0.1) is 5.92 Å². The smallest absolute Gasteiger partial charge is 0.313 e. The van der Waals surface area contributed by atoms with Gasteiger partial charge in [0.15, 0.2) is 5.79 Å². The highest BCUT2D eigenvalue weighted by Gasteiger charge is 2.60. The molecule has 0 unspecified atom stereocenters. The first kappa shape index (κ1) is 13.8. The van der Waals surface area contributed by atoms with Crippen molar-refractivity contribution in [3.63, 3.8) is 0 Å². The molecule has 0 saturated carbocycles. The summed E-state index contributed by atoms with van der Waals surface area (Å²) in [4.78, 5) is 25.6. The minimum Gasteiger partial charge on any atom is -0.469 e. The van der Waals surface area contributed by atoms with Crippen molar-refractivity contribution < 1.29 is 28.9 Å². The number of fused-ring (bicyclic) bond motifs is 3. The maximum absolute atomic E-state index is 12.0. The van der Waals surface area contributed by atoms with Crippen molar-refractivity contribution >= 4 is 11.9 Å². The molecule has 3 heterocycles. The van der Waals surface area contributed by atoms with Gasteiger partial charge in [-0.1, -0.05) is 0 Å². The molecule has 1 N–H and O–H groups in total. The number of nitrogens with zero attached hydrogens (tertiary/aromatic N) is 1. The quantitative estimate of drug-likeness (QED) is 0.639. The van der Waals surface area contributed by atoms with E-state index in [-0.39, 0.29) is 18.4 Å². The van der Waals surface area contributed by atoms with Crippen molar-refractivity contribution in [2.24, 2.45) is 5.92 Å². The fourth-order valence-electron chi connectivity index (χ4n) is 3.54. The van der Waals surface area contributed by atoms with Crippen LogP contribution in [0.4, 0.5) is 0 Å². The van der Waals surface area contributed by atoms with Gasteiger partial charge in [0.2, 0.25) is 5.91 Å². The number of methoxy groups -OCH3 is 1. The Morgan fingerprint density at radius 1 is 1.45 bits per heavy atom. The van der Waals surface area contributed by atoms with E-state index >= 15 is 0 Å². The van der Waals surface area contributed by atoms with Crippen LogP contribution < -0.4 is 0 Å². The highest BCUT2D eigenvalue weighted by molar-refractivity contribution is 5.84. The number of aliphatic hydroxyl groups excluding tert-OH is 1. The zero-order valence-electron chi connectivity index (χ0n) is 11.7. The number of piperidine rings is 1. The van der Waals surface area contributed by atoms with Crippen LogP contribution in [0.1, 0.15) is 20.3 Å². The summed E-state index contributed by atoms with van der Waals surface area (Å²) in [6, 6.07) is -0.523. The SMILES string of the molecule is COC(=O)[C@@H]1[C@@H]2[C@@H]3OC(C)(C)O[C@@H]3CN2C(=O)C[C@@H]1O. The van der Waals surface area contributed by atoms with E-state index in [1.54, 1.807) is 18.7 Å². The Bertz CT molecular complexity index is 450. The van der Waals surface area contributed by atoms with Crippen molar-refractivity contribution in [2.45, 2.75) is 50.4 Å². The number of rotatable bonds is 1. The molecular formula is C13H19NO6. The van der Waals surface area contributed by atoms with Crippen LogP contribution in [-0.4, -0.2) is 65.7 Å². The molecule has 7 nitrogen and oxygen atoms in total. The van der Waals surface area contributed by atoms with Crippen LogP contribution in [0.15, 0.2) is 0 Å². The summed E-state index contributed by atoms with van der Waals surface area (Å²) in [6.07, 6.45) is -1.79. The van der Waals surface area contributed by atoms with Gasteiger partial charge in [-0.25, -0.2) is 0 Å². The molecule has 0 radical (unpaired) electrons. The first-order chi connectivity index (χ1) is 9.34. The van der Waals surface area contributed by atoms with Crippen LogP contribution in [-0.2, 0) is 23.8 Å². The van der Waals surface area contributed by atoms with Gasteiger partial charge in [-0.15, -0.1) is 0 Å². The van der Waals surface area contributed by atoms with Gasteiger partial charge >= 0.3 is 5.97 Å². The zero-order valence-corrected chi connectivity index (χ0v) is 11.7. The van der Waals surface area contributed by atoms with Crippen molar-refractivity contribution in [1.82, 2.24) is 4.90 Å². The van der Waals surface area contributed by atoms with Crippen LogP contribution in [0.2, 0.25) is 0 Å². The maximum atomic E-state index is 12.0. The summed E-state index contributed by atoms with van der Waals surface area (Å²) in [5.74, 6) is -2.23. The molecule has 0 aromatic carbocycles. The summed E-state index contributed by atoms with van der Waals surface area (Å²) >= 11 is 0. The molecule has 7 heteroatoms. The van der Waals surface area contributed by atoms with E-state index < -0.39 is 35.9 Å². The molecule has 3 aliphatic heterocycles. The van der Waals surface area contributed by atoms with Crippen LogP contribution >= 0.6 is 0 Å². The van der Waals surface area contributed by atoms with Gasteiger partial charge in [-0.2, -0.15) is 0 Å². The number of carbonyl (C=O) groups is 2. The minimum absolute atomic E-state index is 0.0703. The largest absolute Gasteiger partial charge is 0.469 e. The van der Waals surface area contributed by atoms with Gasteiger partial charge in [0.25, 0.3) is 0 Å². The van der Waals surface area contributed by atoms with E-state index in [0.29, 0.717) is 6.54 Å². The van der Waals surface area contributed by atoms with E-state index in [0.717, 1.165) is 0 Å². The molecule has 3 aliphatic rings.